The normalized spacial score (nSPS) is 13.0. The summed E-state index contributed by atoms with van der Waals surface area (Å²) in [5.74, 6) is -2.18. The van der Waals surface area contributed by atoms with Crippen LogP contribution in [0.3, 0.4) is 0 Å². The van der Waals surface area contributed by atoms with Crippen LogP contribution in [0.1, 0.15) is 28.5 Å². The number of nitrogens with zero attached hydrogens (tertiary/aromatic N) is 2. The molecule has 112 valence electrons. The zero-order valence-corrected chi connectivity index (χ0v) is 12.3. The first-order valence-corrected chi connectivity index (χ1v) is 7.99. The van der Waals surface area contributed by atoms with E-state index in [9.17, 15) is 17.6 Å². The molecule has 1 atom stereocenters. The van der Waals surface area contributed by atoms with Gasteiger partial charge in [0.2, 0.25) is 5.03 Å². The van der Waals surface area contributed by atoms with Crippen LogP contribution in [0.2, 0.25) is 0 Å². The fourth-order valence-electron chi connectivity index (χ4n) is 1.49. The van der Waals surface area contributed by atoms with Crippen LogP contribution in [-0.4, -0.2) is 29.5 Å². The second-order valence-electron chi connectivity index (χ2n) is 4.01. The Morgan fingerprint density at radius 3 is 2.81 bits per heavy atom. The number of rotatable bonds is 5. The van der Waals surface area contributed by atoms with Gasteiger partial charge in [0.1, 0.15) is 5.01 Å². The van der Waals surface area contributed by atoms with Crippen LogP contribution in [-0.2, 0) is 10.0 Å². The molecule has 0 fully saturated rings. The van der Waals surface area contributed by atoms with Gasteiger partial charge in [-0.05, 0) is 19.1 Å². The summed E-state index contributed by atoms with van der Waals surface area (Å²) < 4.78 is 39.7. The maximum atomic E-state index is 13.5. The first-order chi connectivity index (χ1) is 9.81. The Balaban J connectivity index is 2.24. The summed E-state index contributed by atoms with van der Waals surface area (Å²) in [4.78, 5) is 18.0. The average Bonchev–Trinajstić information content (AvgIpc) is 2.88. The summed E-state index contributed by atoms with van der Waals surface area (Å²) in [6, 6.07) is 1.45. The third-order valence-corrected chi connectivity index (χ3v) is 4.92. The Labute approximate surface area is 123 Å². The number of halogens is 1. The molecule has 2 rings (SSSR count). The molecule has 7 nitrogen and oxygen atoms in total. The SMILES string of the molecule is CC(NS(=O)(=O)c1ncccc1F)c1nc(C(=O)O)cs1. The highest BCUT2D eigenvalue weighted by atomic mass is 32.2. The molecule has 0 bridgehead atoms. The minimum atomic E-state index is -4.17. The predicted molar refractivity (Wildman–Crippen MR) is 72.0 cm³/mol. The fourth-order valence-corrected chi connectivity index (χ4v) is 3.58. The molecule has 2 N–H and O–H groups in total. The van der Waals surface area contributed by atoms with E-state index in [0.29, 0.717) is 0 Å². The van der Waals surface area contributed by atoms with Gasteiger partial charge in [-0.1, -0.05) is 0 Å². The molecule has 0 radical (unpaired) electrons. The number of sulfonamides is 1. The van der Waals surface area contributed by atoms with E-state index in [4.69, 9.17) is 5.11 Å². The van der Waals surface area contributed by atoms with Crippen LogP contribution in [0.25, 0.3) is 0 Å². The third kappa shape index (κ3) is 3.40. The third-order valence-electron chi connectivity index (χ3n) is 2.42. The maximum absolute atomic E-state index is 13.5. The van der Waals surface area contributed by atoms with Crippen molar-refractivity contribution in [2.24, 2.45) is 0 Å². The second kappa shape index (κ2) is 5.84. The fraction of sp³-hybridized carbons (Fsp3) is 0.182. The van der Waals surface area contributed by atoms with E-state index in [1.54, 1.807) is 0 Å². The van der Waals surface area contributed by atoms with Crippen molar-refractivity contribution >= 4 is 27.3 Å². The minimum Gasteiger partial charge on any atom is -0.476 e. The molecular formula is C11H10FN3O4S2. The minimum absolute atomic E-state index is 0.176. The van der Waals surface area contributed by atoms with E-state index in [-0.39, 0.29) is 10.7 Å². The molecule has 0 saturated carbocycles. The highest BCUT2D eigenvalue weighted by Gasteiger charge is 2.25. The van der Waals surface area contributed by atoms with Gasteiger partial charge >= 0.3 is 5.97 Å². The van der Waals surface area contributed by atoms with Gasteiger partial charge in [-0.3, -0.25) is 0 Å². The van der Waals surface area contributed by atoms with Crippen LogP contribution >= 0.6 is 11.3 Å². The first-order valence-electron chi connectivity index (χ1n) is 5.63. The number of aromatic nitrogens is 2. The van der Waals surface area contributed by atoms with Crippen LogP contribution in [0, 0.1) is 5.82 Å². The lowest BCUT2D eigenvalue weighted by atomic mass is 10.4. The van der Waals surface area contributed by atoms with E-state index >= 15 is 0 Å². The zero-order chi connectivity index (χ0) is 15.6. The van der Waals surface area contributed by atoms with Gasteiger partial charge in [0, 0.05) is 11.6 Å². The smallest absolute Gasteiger partial charge is 0.355 e. The average molecular weight is 331 g/mol. The number of thiazole rings is 1. The van der Waals surface area contributed by atoms with Gasteiger partial charge in [-0.15, -0.1) is 11.3 Å². The lowest BCUT2D eigenvalue weighted by Gasteiger charge is -2.11. The van der Waals surface area contributed by atoms with E-state index in [1.807, 2.05) is 0 Å². The van der Waals surface area contributed by atoms with Crippen molar-refractivity contribution in [1.82, 2.24) is 14.7 Å². The van der Waals surface area contributed by atoms with Gasteiger partial charge in [-0.2, -0.15) is 0 Å². The van der Waals surface area contributed by atoms with Crippen molar-refractivity contribution in [2.75, 3.05) is 0 Å². The van der Waals surface area contributed by atoms with Crippen LogP contribution in [0.5, 0.6) is 0 Å². The topological polar surface area (TPSA) is 109 Å². The van der Waals surface area contributed by atoms with Gasteiger partial charge in [-0.25, -0.2) is 32.3 Å². The largest absolute Gasteiger partial charge is 0.476 e. The van der Waals surface area contributed by atoms with Crippen molar-refractivity contribution in [3.05, 3.63) is 40.2 Å². The van der Waals surface area contributed by atoms with E-state index in [2.05, 4.69) is 14.7 Å². The zero-order valence-electron chi connectivity index (χ0n) is 10.6. The first kappa shape index (κ1) is 15.5. The van der Waals surface area contributed by atoms with Gasteiger partial charge in [0.25, 0.3) is 10.0 Å². The number of hydrogen-bond acceptors (Lipinski definition) is 6. The van der Waals surface area contributed by atoms with Crippen molar-refractivity contribution in [1.29, 1.82) is 0 Å². The standard InChI is InChI=1S/C11H10FN3O4S2/c1-6(9-14-8(5-20-9)11(16)17)15-21(18,19)10-7(12)3-2-4-13-10/h2-6,15H,1H3,(H,16,17). The molecule has 1 unspecified atom stereocenters. The molecule has 0 amide bonds. The Morgan fingerprint density at radius 2 is 2.24 bits per heavy atom. The second-order valence-corrected chi connectivity index (χ2v) is 6.53. The predicted octanol–water partition coefficient (Wildman–Crippen LogP) is 1.41. The quantitative estimate of drug-likeness (QED) is 0.857. The number of nitrogens with one attached hydrogen (secondary N) is 1. The molecule has 2 aromatic rings. The van der Waals surface area contributed by atoms with Crippen LogP contribution in [0.4, 0.5) is 4.39 Å². The van der Waals surface area contributed by atoms with Crippen molar-refractivity contribution in [3.8, 4) is 0 Å². The highest BCUT2D eigenvalue weighted by Crippen LogP contribution is 2.20. The van der Waals surface area contributed by atoms with E-state index < -0.39 is 32.9 Å². The number of aromatic carboxylic acids is 1. The molecule has 0 aromatic carbocycles. The van der Waals surface area contributed by atoms with Crippen molar-refractivity contribution < 1.29 is 22.7 Å². The van der Waals surface area contributed by atoms with Crippen molar-refractivity contribution in [2.45, 2.75) is 18.0 Å². The molecule has 2 heterocycles. The summed E-state index contributed by atoms with van der Waals surface area (Å²) in [5.41, 5.74) is -0.176. The summed E-state index contributed by atoms with van der Waals surface area (Å²) in [6.07, 6.45) is 1.16. The Bertz CT molecular complexity index is 775. The molecule has 0 saturated heterocycles. The Morgan fingerprint density at radius 1 is 1.52 bits per heavy atom. The van der Waals surface area contributed by atoms with Gasteiger partial charge in [0.05, 0.1) is 6.04 Å². The van der Waals surface area contributed by atoms with Gasteiger partial charge in [0.15, 0.2) is 11.5 Å². The lowest BCUT2D eigenvalue weighted by molar-refractivity contribution is 0.0691. The van der Waals surface area contributed by atoms with E-state index in [0.717, 1.165) is 23.6 Å². The number of carbonyl (C=O) groups is 1. The Kier molecular flexibility index (Phi) is 4.30. The maximum Gasteiger partial charge on any atom is 0.355 e. The number of pyridine rings is 1. The Hall–Kier alpha value is -1.91. The number of carboxylic acids is 1. The number of carboxylic acid groups (broad SMARTS) is 1. The van der Waals surface area contributed by atoms with Crippen LogP contribution < -0.4 is 4.72 Å². The van der Waals surface area contributed by atoms with E-state index in [1.165, 1.54) is 18.4 Å². The highest BCUT2D eigenvalue weighted by molar-refractivity contribution is 7.89. The molecule has 2 aromatic heterocycles. The van der Waals surface area contributed by atoms with Crippen molar-refractivity contribution in [3.63, 3.8) is 0 Å². The number of hydrogen-bond donors (Lipinski definition) is 2. The molecule has 21 heavy (non-hydrogen) atoms. The summed E-state index contributed by atoms with van der Waals surface area (Å²) in [6.45, 7) is 1.48. The summed E-state index contributed by atoms with van der Waals surface area (Å²) >= 11 is 0.993. The molecule has 0 spiro atoms. The monoisotopic (exact) mass is 331 g/mol. The molecule has 0 aliphatic carbocycles. The van der Waals surface area contributed by atoms with Crippen LogP contribution in [0.15, 0.2) is 28.7 Å². The molecule has 0 aliphatic rings. The van der Waals surface area contributed by atoms with Gasteiger partial charge < -0.3 is 5.11 Å². The molecule has 10 heteroatoms. The lowest BCUT2D eigenvalue weighted by Crippen LogP contribution is -2.28. The summed E-state index contributed by atoms with van der Waals surface area (Å²) in [5, 5.41) is 9.61. The molecule has 0 aliphatic heterocycles. The summed E-state index contributed by atoms with van der Waals surface area (Å²) in [7, 11) is -4.17. The molecular weight excluding hydrogens is 321 g/mol.